The summed E-state index contributed by atoms with van der Waals surface area (Å²) < 4.78 is 0. The fraction of sp³-hybridized carbons (Fsp3) is 0.556. The number of anilines is 1. The summed E-state index contributed by atoms with van der Waals surface area (Å²) in [5.41, 5.74) is 7.88. The Morgan fingerprint density at radius 2 is 2.09 bits per heavy atom. The molecule has 1 fully saturated rings. The number of fused-ring (bicyclic) bond motifs is 1. The Bertz CT molecular complexity index is 602. The minimum atomic E-state index is 0.0115. The van der Waals surface area contributed by atoms with Gasteiger partial charge in [-0.1, -0.05) is 25.1 Å². The molecule has 2 heterocycles. The number of likely N-dealkylation sites (tertiary alicyclic amines) is 1. The van der Waals surface area contributed by atoms with Gasteiger partial charge >= 0.3 is 0 Å². The highest BCUT2D eigenvalue weighted by molar-refractivity contribution is 6.01. The van der Waals surface area contributed by atoms with Gasteiger partial charge in [-0.2, -0.15) is 0 Å². The van der Waals surface area contributed by atoms with Crippen molar-refractivity contribution < 1.29 is 9.59 Å². The van der Waals surface area contributed by atoms with Gasteiger partial charge in [0.25, 0.3) is 0 Å². The molecule has 0 spiro atoms. The fourth-order valence-corrected chi connectivity index (χ4v) is 3.70. The lowest BCUT2D eigenvalue weighted by molar-refractivity contribution is -0.135. The van der Waals surface area contributed by atoms with E-state index in [9.17, 15) is 9.59 Å². The van der Waals surface area contributed by atoms with Crippen molar-refractivity contribution in [1.82, 2.24) is 4.90 Å². The minimum absolute atomic E-state index is 0.0115. The van der Waals surface area contributed by atoms with Crippen molar-refractivity contribution in [3.8, 4) is 0 Å². The molecule has 2 N–H and O–H groups in total. The van der Waals surface area contributed by atoms with Crippen LogP contribution < -0.4 is 10.6 Å². The van der Waals surface area contributed by atoms with Crippen LogP contribution in [-0.2, 0) is 16.0 Å². The zero-order valence-electron chi connectivity index (χ0n) is 13.7. The Kier molecular flexibility index (Phi) is 4.66. The first kappa shape index (κ1) is 16.0. The van der Waals surface area contributed by atoms with Gasteiger partial charge in [0.1, 0.15) is 6.54 Å². The van der Waals surface area contributed by atoms with E-state index in [0.29, 0.717) is 18.9 Å². The molecule has 1 aromatic carbocycles. The van der Waals surface area contributed by atoms with Crippen molar-refractivity contribution in [2.45, 2.75) is 38.6 Å². The Balaban J connectivity index is 1.76. The van der Waals surface area contributed by atoms with Crippen LogP contribution in [0.15, 0.2) is 24.3 Å². The van der Waals surface area contributed by atoms with E-state index in [1.165, 1.54) is 0 Å². The van der Waals surface area contributed by atoms with Crippen molar-refractivity contribution >= 4 is 17.5 Å². The van der Waals surface area contributed by atoms with Crippen LogP contribution in [0.25, 0.3) is 0 Å². The SMILES string of the molecule is CC1CCN(C(=O)CN2C(=O)CCc3ccccc32)C(CN)C1. The monoisotopic (exact) mass is 315 g/mol. The maximum absolute atomic E-state index is 12.8. The predicted octanol–water partition coefficient (Wildman–Crippen LogP) is 1.55. The molecule has 2 aliphatic heterocycles. The van der Waals surface area contributed by atoms with Crippen LogP contribution in [-0.4, -0.2) is 42.4 Å². The molecular weight excluding hydrogens is 290 g/mol. The molecule has 2 atom stereocenters. The van der Waals surface area contributed by atoms with E-state index in [0.717, 1.165) is 37.1 Å². The first-order valence-electron chi connectivity index (χ1n) is 8.48. The molecule has 2 unspecified atom stereocenters. The molecule has 0 aliphatic carbocycles. The van der Waals surface area contributed by atoms with E-state index < -0.39 is 0 Å². The van der Waals surface area contributed by atoms with E-state index in [2.05, 4.69) is 6.92 Å². The Hall–Kier alpha value is -1.88. The number of para-hydroxylation sites is 1. The number of nitrogens with two attached hydrogens (primary N) is 1. The maximum atomic E-state index is 12.8. The Morgan fingerprint density at radius 1 is 1.30 bits per heavy atom. The van der Waals surface area contributed by atoms with Crippen molar-refractivity contribution in [3.05, 3.63) is 29.8 Å². The van der Waals surface area contributed by atoms with Crippen molar-refractivity contribution in [2.24, 2.45) is 11.7 Å². The number of carbonyl (C=O) groups excluding carboxylic acids is 2. The van der Waals surface area contributed by atoms with Crippen LogP contribution in [0.1, 0.15) is 31.7 Å². The highest BCUT2D eigenvalue weighted by Crippen LogP contribution is 2.28. The summed E-state index contributed by atoms with van der Waals surface area (Å²) in [6.45, 7) is 3.56. The smallest absolute Gasteiger partial charge is 0.242 e. The van der Waals surface area contributed by atoms with Crippen LogP contribution in [0.3, 0.4) is 0 Å². The normalized spacial score (nSPS) is 24.5. The van der Waals surface area contributed by atoms with E-state index in [4.69, 9.17) is 5.73 Å². The summed E-state index contributed by atoms with van der Waals surface area (Å²) in [6, 6.07) is 7.95. The van der Waals surface area contributed by atoms with Crippen molar-refractivity contribution in [3.63, 3.8) is 0 Å². The number of benzene rings is 1. The standard InChI is InChI=1S/C18H25N3O2/c1-13-8-9-20(15(10-13)11-19)18(23)12-21-16-5-3-2-4-14(16)6-7-17(21)22/h2-5,13,15H,6-12,19H2,1H3. The molecule has 2 aliphatic rings. The van der Waals surface area contributed by atoms with Crippen LogP contribution in [0.4, 0.5) is 5.69 Å². The molecular formula is C18H25N3O2. The number of rotatable bonds is 3. The topological polar surface area (TPSA) is 66.6 Å². The summed E-state index contributed by atoms with van der Waals surface area (Å²) in [4.78, 5) is 28.6. The minimum Gasteiger partial charge on any atom is -0.337 e. The fourth-order valence-electron chi connectivity index (χ4n) is 3.70. The molecule has 2 amide bonds. The summed E-state index contributed by atoms with van der Waals surface area (Å²) in [5.74, 6) is 0.647. The number of piperidine rings is 1. The number of aryl methyl sites for hydroxylation is 1. The molecule has 0 aromatic heterocycles. The van der Waals surface area contributed by atoms with Gasteiger partial charge in [-0.05, 0) is 36.8 Å². The van der Waals surface area contributed by atoms with E-state index >= 15 is 0 Å². The largest absolute Gasteiger partial charge is 0.337 e. The second-order valence-corrected chi connectivity index (χ2v) is 6.71. The third kappa shape index (κ3) is 3.24. The lowest BCUT2D eigenvalue weighted by atomic mass is 9.92. The van der Waals surface area contributed by atoms with E-state index in [-0.39, 0.29) is 24.4 Å². The maximum Gasteiger partial charge on any atom is 0.242 e. The zero-order valence-corrected chi connectivity index (χ0v) is 13.7. The van der Waals surface area contributed by atoms with Gasteiger partial charge < -0.3 is 15.5 Å². The highest BCUT2D eigenvalue weighted by Gasteiger charge is 2.32. The van der Waals surface area contributed by atoms with Gasteiger partial charge in [-0.15, -0.1) is 0 Å². The van der Waals surface area contributed by atoms with Crippen molar-refractivity contribution in [2.75, 3.05) is 24.5 Å². The lowest BCUT2D eigenvalue weighted by Crippen LogP contribution is -2.53. The van der Waals surface area contributed by atoms with Crippen LogP contribution in [0, 0.1) is 5.92 Å². The van der Waals surface area contributed by atoms with Gasteiger partial charge in [-0.3, -0.25) is 9.59 Å². The van der Waals surface area contributed by atoms with Gasteiger partial charge in [0.15, 0.2) is 0 Å². The average Bonchev–Trinajstić information content (AvgIpc) is 2.57. The third-order valence-electron chi connectivity index (χ3n) is 5.06. The number of carbonyl (C=O) groups is 2. The second-order valence-electron chi connectivity index (χ2n) is 6.71. The predicted molar refractivity (Wildman–Crippen MR) is 90.1 cm³/mol. The van der Waals surface area contributed by atoms with Gasteiger partial charge in [0, 0.05) is 31.2 Å². The molecule has 0 radical (unpaired) electrons. The Morgan fingerprint density at radius 3 is 2.87 bits per heavy atom. The second kappa shape index (κ2) is 6.71. The van der Waals surface area contributed by atoms with Crippen LogP contribution in [0.5, 0.6) is 0 Å². The lowest BCUT2D eigenvalue weighted by Gasteiger charge is -2.39. The summed E-state index contributed by atoms with van der Waals surface area (Å²) in [5, 5.41) is 0. The first-order chi connectivity index (χ1) is 11.1. The number of amides is 2. The average molecular weight is 315 g/mol. The molecule has 5 heteroatoms. The summed E-state index contributed by atoms with van der Waals surface area (Å²) in [7, 11) is 0. The molecule has 3 rings (SSSR count). The number of hydrogen-bond acceptors (Lipinski definition) is 3. The van der Waals surface area contributed by atoms with Crippen LogP contribution >= 0.6 is 0 Å². The Labute approximate surface area is 137 Å². The quantitative estimate of drug-likeness (QED) is 0.920. The third-order valence-corrected chi connectivity index (χ3v) is 5.06. The number of nitrogens with zero attached hydrogens (tertiary/aromatic N) is 2. The molecule has 1 aromatic rings. The molecule has 0 bridgehead atoms. The molecule has 23 heavy (non-hydrogen) atoms. The molecule has 0 saturated carbocycles. The van der Waals surface area contributed by atoms with Gasteiger partial charge in [-0.25, -0.2) is 0 Å². The molecule has 5 nitrogen and oxygen atoms in total. The number of hydrogen-bond donors (Lipinski definition) is 1. The molecule has 1 saturated heterocycles. The summed E-state index contributed by atoms with van der Waals surface area (Å²) in [6.07, 6.45) is 3.19. The van der Waals surface area contributed by atoms with Crippen LogP contribution in [0.2, 0.25) is 0 Å². The van der Waals surface area contributed by atoms with Crippen molar-refractivity contribution in [1.29, 1.82) is 0 Å². The van der Waals surface area contributed by atoms with E-state index in [1.807, 2.05) is 29.2 Å². The molecule has 124 valence electrons. The summed E-state index contributed by atoms with van der Waals surface area (Å²) >= 11 is 0. The van der Waals surface area contributed by atoms with E-state index in [1.54, 1.807) is 4.90 Å². The highest BCUT2D eigenvalue weighted by atomic mass is 16.2. The first-order valence-corrected chi connectivity index (χ1v) is 8.48. The van der Waals surface area contributed by atoms with Gasteiger partial charge in [0.05, 0.1) is 0 Å². The van der Waals surface area contributed by atoms with Gasteiger partial charge in [0.2, 0.25) is 11.8 Å². The zero-order chi connectivity index (χ0) is 16.4.